The minimum atomic E-state index is -0.485. The van der Waals surface area contributed by atoms with Crippen LogP contribution in [-0.2, 0) is 9.53 Å². The Hall–Kier alpha value is -0.770. The van der Waals surface area contributed by atoms with E-state index in [-0.39, 0.29) is 0 Å². The number of hydrogen-bond acceptors (Lipinski definition) is 3. The molecule has 1 heterocycles. The summed E-state index contributed by atoms with van der Waals surface area (Å²) in [5.74, 6) is 0. The van der Waals surface area contributed by atoms with Gasteiger partial charge < -0.3 is 4.74 Å². The maximum absolute atomic E-state index is 11.3. The molecule has 0 bridgehead atoms. The van der Waals surface area contributed by atoms with Crippen LogP contribution in [0.2, 0.25) is 0 Å². The van der Waals surface area contributed by atoms with E-state index in [1.54, 1.807) is 6.92 Å². The molecule has 74 valence electrons. The van der Waals surface area contributed by atoms with Crippen LogP contribution >= 0.6 is 11.6 Å². The van der Waals surface area contributed by atoms with Crippen LogP contribution < -0.4 is 0 Å². The van der Waals surface area contributed by atoms with Gasteiger partial charge in [0.25, 0.3) is 0 Å². The normalized spacial score (nSPS) is 21.7. The van der Waals surface area contributed by atoms with E-state index in [9.17, 15) is 9.59 Å². The average Bonchev–Trinajstić information content (AvgIpc) is 2.52. The Morgan fingerprint density at radius 3 is 2.85 bits per heavy atom. The first-order chi connectivity index (χ1) is 6.16. The topological polar surface area (TPSA) is 46.6 Å². The van der Waals surface area contributed by atoms with E-state index in [2.05, 4.69) is 0 Å². The van der Waals surface area contributed by atoms with E-state index in [1.807, 2.05) is 0 Å². The minimum Gasteiger partial charge on any atom is -0.450 e. The monoisotopic (exact) mass is 205 g/mol. The molecule has 1 saturated heterocycles. The molecule has 0 aromatic rings. The molecule has 1 aliphatic rings. The van der Waals surface area contributed by atoms with Crippen molar-refractivity contribution in [1.29, 1.82) is 0 Å². The lowest BCUT2D eigenvalue weighted by Gasteiger charge is -2.20. The highest BCUT2D eigenvalue weighted by molar-refractivity contribution is 6.64. The third kappa shape index (κ3) is 2.34. The highest BCUT2D eigenvalue weighted by Gasteiger charge is 2.33. The summed E-state index contributed by atoms with van der Waals surface area (Å²) in [7, 11) is 0. The molecule has 1 aliphatic heterocycles. The molecular formula is C8H12ClNO3. The molecule has 0 N–H and O–H groups in total. The summed E-state index contributed by atoms with van der Waals surface area (Å²) in [6.45, 7) is 2.60. The van der Waals surface area contributed by atoms with Crippen LogP contribution in [0.4, 0.5) is 4.79 Å². The molecule has 0 spiro atoms. The van der Waals surface area contributed by atoms with Crippen molar-refractivity contribution >= 4 is 22.9 Å². The standard InChI is InChI=1S/C8H12ClNO3/c1-2-13-8(12)10-5-3-4-6(10)7(9)11/h6H,2-5H2,1H3/t6-/m0/s1. The molecule has 1 atom stereocenters. The summed E-state index contributed by atoms with van der Waals surface area (Å²) in [6, 6.07) is -0.485. The second-order valence-electron chi connectivity index (χ2n) is 2.85. The van der Waals surface area contributed by atoms with Gasteiger partial charge in [-0.15, -0.1) is 0 Å². The second-order valence-corrected chi connectivity index (χ2v) is 3.23. The molecule has 13 heavy (non-hydrogen) atoms. The van der Waals surface area contributed by atoms with E-state index >= 15 is 0 Å². The summed E-state index contributed by atoms with van der Waals surface area (Å²) in [5.41, 5.74) is 0. The van der Waals surface area contributed by atoms with Gasteiger partial charge in [0.2, 0.25) is 5.24 Å². The molecule has 1 fully saturated rings. The van der Waals surface area contributed by atoms with Gasteiger partial charge in [-0.2, -0.15) is 0 Å². The number of rotatable bonds is 2. The van der Waals surface area contributed by atoms with Crippen LogP contribution in [0.5, 0.6) is 0 Å². The molecule has 1 rings (SSSR count). The number of likely N-dealkylation sites (tertiary alicyclic amines) is 1. The Bertz CT molecular complexity index is 219. The van der Waals surface area contributed by atoms with Crippen LogP contribution in [0, 0.1) is 0 Å². The molecule has 0 saturated carbocycles. The van der Waals surface area contributed by atoms with E-state index in [1.165, 1.54) is 4.90 Å². The zero-order valence-electron chi connectivity index (χ0n) is 7.46. The van der Waals surface area contributed by atoms with Crippen molar-refractivity contribution in [2.45, 2.75) is 25.8 Å². The van der Waals surface area contributed by atoms with Crippen molar-refractivity contribution in [2.24, 2.45) is 0 Å². The van der Waals surface area contributed by atoms with Gasteiger partial charge in [-0.3, -0.25) is 9.69 Å². The SMILES string of the molecule is CCOC(=O)N1CCC[C@H]1C(=O)Cl. The van der Waals surface area contributed by atoms with Crippen LogP contribution in [0.25, 0.3) is 0 Å². The van der Waals surface area contributed by atoms with E-state index in [0.717, 1.165) is 6.42 Å². The highest BCUT2D eigenvalue weighted by Crippen LogP contribution is 2.20. The average molecular weight is 206 g/mol. The Balaban J connectivity index is 2.57. The third-order valence-electron chi connectivity index (χ3n) is 2.02. The zero-order valence-corrected chi connectivity index (χ0v) is 8.21. The Kier molecular flexibility index (Phi) is 3.54. The molecule has 1 amide bonds. The summed E-state index contributed by atoms with van der Waals surface area (Å²) in [6.07, 6.45) is 1.00. The maximum atomic E-state index is 11.3. The summed E-state index contributed by atoms with van der Waals surface area (Å²) in [4.78, 5) is 23.5. The summed E-state index contributed by atoms with van der Waals surface area (Å²) in [5, 5.41) is -0.481. The Morgan fingerprint density at radius 2 is 2.31 bits per heavy atom. The highest BCUT2D eigenvalue weighted by atomic mass is 35.5. The Labute approximate surface area is 81.8 Å². The Morgan fingerprint density at radius 1 is 1.62 bits per heavy atom. The first-order valence-corrected chi connectivity index (χ1v) is 4.67. The second kappa shape index (κ2) is 4.46. The van der Waals surface area contributed by atoms with Gasteiger partial charge in [0, 0.05) is 6.54 Å². The zero-order chi connectivity index (χ0) is 9.84. The molecular weight excluding hydrogens is 194 g/mol. The number of carbonyl (C=O) groups excluding carboxylic acids is 2. The van der Waals surface area contributed by atoms with Gasteiger partial charge in [0.1, 0.15) is 6.04 Å². The lowest BCUT2D eigenvalue weighted by molar-refractivity contribution is -0.115. The molecule has 0 aliphatic carbocycles. The number of amides is 1. The van der Waals surface area contributed by atoms with Crippen molar-refractivity contribution < 1.29 is 14.3 Å². The predicted octanol–water partition coefficient (Wildman–Crippen LogP) is 1.37. The quantitative estimate of drug-likeness (QED) is 0.640. The lowest BCUT2D eigenvalue weighted by atomic mass is 10.2. The van der Waals surface area contributed by atoms with Crippen LogP contribution in [0.15, 0.2) is 0 Å². The first kappa shape index (κ1) is 10.3. The number of halogens is 1. The fourth-order valence-electron chi connectivity index (χ4n) is 1.43. The van der Waals surface area contributed by atoms with E-state index in [0.29, 0.717) is 19.6 Å². The van der Waals surface area contributed by atoms with Crippen molar-refractivity contribution in [3.05, 3.63) is 0 Å². The number of carbonyl (C=O) groups is 2. The first-order valence-electron chi connectivity index (χ1n) is 4.29. The third-order valence-corrected chi connectivity index (χ3v) is 2.27. The van der Waals surface area contributed by atoms with Crippen molar-refractivity contribution in [3.63, 3.8) is 0 Å². The number of ether oxygens (including phenoxy) is 1. The number of hydrogen-bond donors (Lipinski definition) is 0. The minimum absolute atomic E-state index is 0.318. The molecule has 0 aromatic heterocycles. The van der Waals surface area contributed by atoms with Crippen molar-refractivity contribution in [3.8, 4) is 0 Å². The van der Waals surface area contributed by atoms with Gasteiger partial charge in [0.05, 0.1) is 6.61 Å². The van der Waals surface area contributed by atoms with E-state index in [4.69, 9.17) is 16.3 Å². The van der Waals surface area contributed by atoms with E-state index < -0.39 is 17.4 Å². The smallest absolute Gasteiger partial charge is 0.410 e. The predicted molar refractivity (Wildman–Crippen MR) is 47.6 cm³/mol. The van der Waals surface area contributed by atoms with Crippen LogP contribution in [0.1, 0.15) is 19.8 Å². The molecule has 0 aromatic carbocycles. The van der Waals surface area contributed by atoms with Gasteiger partial charge in [-0.1, -0.05) is 0 Å². The number of nitrogens with zero attached hydrogens (tertiary/aromatic N) is 1. The van der Waals surface area contributed by atoms with Gasteiger partial charge >= 0.3 is 6.09 Å². The van der Waals surface area contributed by atoms with Crippen molar-refractivity contribution in [1.82, 2.24) is 4.90 Å². The lowest BCUT2D eigenvalue weighted by Crippen LogP contribution is -2.39. The van der Waals surface area contributed by atoms with Crippen LogP contribution in [-0.4, -0.2) is 35.4 Å². The van der Waals surface area contributed by atoms with Gasteiger partial charge in [0.15, 0.2) is 0 Å². The largest absolute Gasteiger partial charge is 0.450 e. The molecule has 0 unspecified atom stereocenters. The summed E-state index contributed by atoms with van der Waals surface area (Å²) >= 11 is 5.33. The van der Waals surface area contributed by atoms with Crippen LogP contribution in [0.3, 0.4) is 0 Å². The molecule has 0 radical (unpaired) electrons. The maximum Gasteiger partial charge on any atom is 0.410 e. The van der Waals surface area contributed by atoms with Gasteiger partial charge in [-0.05, 0) is 31.4 Å². The van der Waals surface area contributed by atoms with Gasteiger partial charge in [-0.25, -0.2) is 4.79 Å². The fraction of sp³-hybridized carbons (Fsp3) is 0.750. The molecule has 5 heteroatoms. The van der Waals surface area contributed by atoms with Crippen molar-refractivity contribution in [2.75, 3.05) is 13.2 Å². The molecule has 4 nitrogen and oxygen atoms in total. The summed E-state index contributed by atoms with van der Waals surface area (Å²) < 4.78 is 4.78. The fourth-order valence-corrected chi connectivity index (χ4v) is 1.65.